The first kappa shape index (κ1) is 11.0. The zero-order valence-electron chi connectivity index (χ0n) is 10.3. The Balaban J connectivity index is 1.83. The second kappa shape index (κ2) is 4.66. The first-order valence-electron chi connectivity index (χ1n) is 6.35. The Hall–Kier alpha value is -2.08. The van der Waals surface area contributed by atoms with Gasteiger partial charge in [-0.25, -0.2) is 0 Å². The molecule has 0 radical (unpaired) electrons. The topological polar surface area (TPSA) is 0 Å². The van der Waals surface area contributed by atoms with Crippen LogP contribution in [0.1, 0.15) is 11.1 Å². The average Bonchev–Trinajstić information content (AvgIpc) is 2.91. The molecule has 0 amide bonds. The molecule has 1 aromatic carbocycles. The molecule has 0 saturated heterocycles. The summed E-state index contributed by atoms with van der Waals surface area (Å²) in [5.74, 6) is 0.441. The van der Waals surface area contributed by atoms with Crippen LogP contribution < -0.4 is 0 Å². The van der Waals surface area contributed by atoms with Gasteiger partial charge in [0.05, 0.1) is 0 Å². The second-order valence-electron chi connectivity index (χ2n) is 4.71. The average molecular weight is 232 g/mol. The van der Waals surface area contributed by atoms with E-state index in [9.17, 15) is 0 Å². The summed E-state index contributed by atoms with van der Waals surface area (Å²) in [6.07, 6.45) is 16.3. The van der Waals surface area contributed by atoms with Crippen molar-refractivity contribution in [3.63, 3.8) is 0 Å². The minimum absolute atomic E-state index is 0.441. The van der Waals surface area contributed by atoms with Crippen molar-refractivity contribution in [2.24, 2.45) is 5.92 Å². The van der Waals surface area contributed by atoms with Gasteiger partial charge in [-0.3, -0.25) is 0 Å². The lowest BCUT2D eigenvalue weighted by molar-refractivity contribution is 1.09. The highest BCUT2D eigenvalue weighted by molar-refractivity contribution is 5.83. The zero-order chi connectivity index (χ0) is 12.4. The van der Waals surface area contributed by atoms with Crippen LogP contribution in [0.25, 0.3) is 5.57 Å². The number of allylic oxidation sites excluding steroid dienone is 9. The number of benzene rings is 1. The lowest BCUT2D eigenvalue weighted by atomic mass is 9.87. The van der Waals surface area contributed by atoms with Crippen LogP contribution >= 0.6 is 0 Å². The van der Waals surface area contributed by atoms with Gasteiger partial charge in [-0.15, -0.1) is 0 Å². The highest BCUT2D eigenvalue weighted by Gasteiger charge is 2.12. The van der Waals surface area contributed by atoms with E-state index in [1.165, 1.54) is 16.7 Å². The summed E-state index contributed by atoms with van der Waals surface area (Å²) in [7, 11) is 0. The van der Waals surface area contributed by atoms with Crippen molar-refractivity contribution in [3.8, 4) is 0 Å². The van der Waals surface area contributed by atoms with Gasteiger partial charge in [0.1, 0.15) is 0 Å². The van der Waals surface area contributed by atoms with Crippen molar-refractivity contribution >= 4 is 5.57 Å². The van der Waals surface area contributed by atoms with Crippen molar-refractivity contribution in [3.05, 3.63) is 90.1 Å². The van der Waals surface area contributed by atoms with Crippen LogP contribution in [0, 0.1) is 5.92 Å². The molecule has 0 fully saturated rings. The van der Waals surface area contributed by atoms with Gasteiger partial charge in [-0.2, -0.15) is 0 Å². The van der Waals surface area contributed by atoms with Gasteiger partial charge >= 0.3 is 0 Å². The summed E-state index contributed by atoms with van der Waals surface area (Å²) >= 11 is 0. The third-order valence-electron chi connectivity index (χ3n) is 3.51. The van der Waals surface area contributed by atoms with E-state index < -0.39 is 0 Å². The largest absolute Gasteiger partial charge is 0.0906 e. The Bertz CT molecular complexity index is 582. The molecule has 88 valence electrons. The fourth-order valence-corrected chi connectivity index (χ4v) is 2.45. The molecular weight excluding hydrogens is 216 g/mol. The molecule has 1 aromatic rings. The van der Waals surface area contributed by atoms with Crippen LogP contribution in [0.15, 0.2) is 78.9 Å². The summed E-state index contributed by atoms with van der Waals surface area (Å²) in [4.78, 5) is 0. The molecule has 0 heteroatoms. The fourth-order valence-electron chi connectivity index (χ4n) is 2.45. The molecule has 18 heavy (non-hydrogen) atoms. The maximum Gasteiger partial charge on any atom is 0.0136 e. The summed E-state index contributed by atoms with van der Waals surface area (Å²) < 4.78 is 0. The van der Waals surface area contributed by atoms with Gasteiger partial charge in [0.25, 0.3) is 0 Å². The number of rotatable bonds is 2. The van der Waals surface area contributed by atoms with Gasteiger partial charge in [-0.05, 0) is 28.7 Å². The third kappa shape index (κ3) is 2.02. The van der Waals surface area contributed by atoms with E-state index in [2.05, 4.69) is 73.4 Å². The highest BCUT2D eigenvalue weighted by Crippen LogP contribution is 2.31. The minimum atomic E-state index is 0.441. The second-order valence-corrected chi connectivity index (χ2v) is 4.71. The first-order valence-corrected chi connectivity index (χ1v) is 6.35. The van der Waals surface area contributed by atoms with Gasteiger partial charge in [0, 0.05) is 5.92 Å². The SMILES string of the molecule is C=C1C(C=CC2C=CC=C2)=CCc2ccccc21. The molecule has 0 nitrogen and oxygen atoms in total. The van der Waals surface area contributed by atoms with Crippen molar-refractivity contribution < 1.29 is 0 Å². The molecule has 0 spiro atoms. The first-order chi connectivity index (χ1) is 8.84. The molecule has 3 rings (SSSR count). The van der Waals surface area contributed by atoms with E-state index in [4.69, 9.17) is 0 Å². The number of fused-ring (bicyclic) bond motifs is 1. The summed E-state index contributed by atoms with van der Waals surface area (Å²) in [5.41, 5.74) is 5.05. The maximum atomic E-state index is 4.23. The molecule has 0 aliphatic heterocycles. The lowest BCUT2D eigenvalue weighted by Gasteiger charge is -2.17. The smallest absolute Gasteiger partial charge is 0.0136 e. The minimum Gasteiger partial charge on any atom is -0.0906 e. The molecule has 2 aliphatic rings. The van der Waals surface area contributed by atoms with E-state index in [0.29, 0.717) is 5.92 Å². The zero-order valence-corrected chi connectivity index (χ0v) is 10.3. The lowest BCUT2D eigenvalue weighted by Crippen LogP contribution is -2.00. The third-order valence-corrected chi connectivity index (χ3v) is 3.51. The maximum absolute atomic E-state index is 4.23. The molecule has 0 N–H and O–H groups in total. The van der Waals surface area contributed by atoms with Gasteiger partial charge in [-0.1, -0.05) is 73.4 Å². The van der Waals surface area contributed by atoms with Crippen LogP contribution in [0.5, 0.6) is 0 Å². The fraction of sp³-hybridized carbons (Fsp3) is 0.111. The Morgan fingerprint density at radius 3 is 2.72 bits per heavy atom. The van der Waals surface area contributed by atoms with E-state index in [1.807, 2.05) is 0 Å². The molecule has 0 bridgehead atoms. The van der Waals surface area contributed by atoms with E-state index in [0.717, 1.165) is 12.0 Å². The van der Waals surface area contributed by atoms with Gasteiger partial charge < -0.3 is 0 Å². The normalized spacial score (nSPS) is 18.4. The quantitative estimate of drug-likeness (QED) is 0.705. The summed E-state index contributed by atoms with van der Waals surface area (Å²) in [6, 6.07) is 8.52. The van der Waals surface area contributed by atoms with Crippen LogP contribution in [-0.4, -0.2) is 0 Å². The molecule has 0 atom stereocenters. The summed E-state index contributed by atoms with van der Waals surface area (Å²) in [6.45, 7) is 4.23. The number of hydrogen-bond donors (Lipinski definition) is 0. The van der Waals surface area contributed by atoms with Crippen molar-refractivity contribution in [1.29, 1.82) is 0 Å². The van der Waals surface area contributed by atoms with Crippen LogP contribution in [-0.2, 0) is 6.42 Å². The molecule has 0 aromatic heterocycles. The summed E-state index contributed by atoms with van der Waals surface area (Å²) in [5, 5.41) is 0. The van der Waals surface area contributed by atoms with Gasteiger partial charge in [0.2, 0.25) is 0 Å². The molecule has 0 unspecified atom stereocenters. The van der Waals surface area contributed by atoms with Crippen molar-refractivity contribution in [1.82, 2.24) is 0 Å². The van der Waals surface area contributed by atoms with Crippen LogP contribution in [0.2, 0.25) is 0 Å². The molecule has 2 aliphatic carbocycles. The standard InChI is InChI=1S/C18H16/c1-14-16(11-10-15-6-2-3-7-15)12-13-17-8-4-5-9-18(14)17/h2-12,15H,1,13H2. The van der Waals surface area contributed by atoms with E-state index >= 15 is 0 Å². The van der Waals surface area contributed by atoms with E-state index in [-0.39, 0.29) is 0 Å². The van der Waals surface area contributed by atoms with Crippen molar-refractivity contribution in [2.75, 3.05) is 0 Å². The highest BCUT2D eigenvalue weighted by atomic mass is 14.2. The van der Waals surface area contributed by atoms with Crippen LogP contribution in [0.4, 0.5) is 0 Å². The predicted molar refractivity (Wildman–Crippen MR) is 78.2 cm³/mol. The molecule has 0 saturated carbocycles. The van der Waals surface area contributed by atoms with Crippen LogP contribution in [0.3, 0.4) is 0 Å². The van der Waals surface area contributed by atoms with Gasteiger partial charge in [0.15, 0.2) is 0 Å². The molecular formula is C18H16. The Labute approximate surface area is 108 Å². The van der Waals surface area contributed by atoms with Crippen molar-refractivity contribution in [2.45, 2.75) is 6.42 Å². The Morgan fingerprint density at radius 2 is 1.89 bits per heavy atom. The predicted octanol–water partition coefficient (Wildman–Crippen LogP) is 4.48. The monoisotopic (exact) mass is 232 g/mol. The Kier molecular flexibility index (Phi) is 2.85. The van der Waals surface area contributed by atoms with E-state index in [1.54, 1.807) is 0 Å². The Morgan fingerprint density at radius 1 is 1.11 bits per heavy atom. The number of hydrogen-bond acceptors (Lipinski definition) is 0. The molecule has 0 heterocycles.